The van der Waals surface area contributed by atoms with E-state index in [0.29, 0.717) is 13.2 Å². The molecule has 1 saturated heterocycles. The van der Waals surface area contributed by atoms with E-state index in [4.69, 9.17) is 0 Å². The molecule has 1 fully saturated rings. The van der Waals surface area contributed by atoms with Gasteiger partial charge in [-0.2, -0.15) is 0 Å². The van der Waals surface area contributed by atoms with Crippen molar-refractivity contribution >= 4 is 17.8 Å². The molecule has 30 heavy (non-hydrogen) atoms. The van der Waals surface area contributed by atoms with Crippen molar-refractivity contribution in [1.82, 2.24) is 25.3 Å². The molecule has 2 amide bonds. The molecule has 0 radical (unpaired) electrons. The van der Waals surface area contributed by atoms with Crippen LogP contribution in [0, 0.1) is 0 Å². The number of esters is 1. The Labute approximate surface area is 185 Å². The molecular weight excluding hydrogens is 386 g/mol. The largest absolute Gasteiger partial charge is 0.465 e. The number of likely N-dealkylation sites (N-methyl/N-ethyl adjacent to an activating group) is 5. The van der Waals surface area contributed by atoms with Gasteiger partial charge in [0.25, 0.3) is 0 Å². The summed E-state index contributed by atoms with van der Waals surface area (Å²) >= 11 is 0. The summed E-state index contributed by atoms with van der Waals surface area (Å²) in [5.74, 6) is -0.000880. The highest BCUT2D eigenvalue weighted by Crippen LogP contribution is 2.14. The Bertz CT molecular complexity index is 445. The van der Waals surface area contributed by atoms with E-state index in [1.54, 1.807) is 14.1 Å². The van der Waals surface area contributed by atoms with Crippen LogP contribution in [0.3, 0.4) is 0 Å². The van der Waals surface area contributed by atoms with E-state index in [2.05, 4.69) is 20.3 Å². The summed E-state index contributed by atoms with van der Waals surface area (Å²) in [6, 6.07) is 0.119. The monoisotopic (exact) mass is 435 g/mol. The normalized spacial score (nSPS) is 15.2. The number of ether oxygens (including phenoxy) is 1. The average molecular weight is 436 g/mol. The van der Waals surface area contributed by atoms with Gasteiger partial charge in [-0.1, -0.05) is 21.3 Å². The van der Waals surface area contributed by atoms with Crippen molar-refractivity contribution in [2.75, 3.05) is 75.6 Å². The summed E-state index contributed by atoms with van der Waals surface area (Å²) in [5, 5.41) is 5.20. The number of hydrogen-bond acceptors (Lipinski definition) is 7. The van der Waals surface area contributed by atoms with Crippen LogP contribution in [0.4, 0.5) is 0 Å². The van der Waals surface area contributed by atoms with Crippen molar-refractivity contribution in [2.45, 2.75) is 47.1 Å². The smallest absolute Gasteiger partial charge is 0.302 e. The standard InChI is InChI=1S/C8H16N2O.C6H13NO2.C5H12N2O.2CH4/c1-9-8(11)7-5-3-4-6-10(7)2;1-6(8)9-5-4-7(2)3;1-6-5(8)4-7(2)3;;/h7H,3-6H2,1-2H3,(H,9,11);4-5H2,1-3H3;4H2,1-3H3,(H,6,8);2*1H4. The molecule has 1 rings (SSSR count). The lowest BCUT2D eigenvalue weighted by atomic mass is 10.0. The Morgan fingerprint density at radius 1 is 1.00 bits per heavy atom. The van der Waals surface area contributed by atoms with Gasteiger partial charge in [0.15, 0.2) is 0 Å². The fourth-order valence-corrected chi connectivity index (χ4v) is 2.31. The zero-order valence-electron chi connectivity index (χ0n) is 19.0. The number of likely N-dealkylation sites (tertiary alicyclic amines) is 1. The molecule has 9 nitrogen and oxygen atoms in total. The van der Waals surface area contributed by atoms with E-state index in [9.17, 15) is 14.4 Å². The van der Waals surface area contributed by atoms with Crippen molar-refractivity contribution < 1.29 is 19.1 Å². The molecule has 0 aliphatic carbocycles. The van der Waals surface area contributed by atoms with E-state index in [1.165, 1.54) is 19.8 Å². The van der Waals surface area contributed by atoms with Crippen LogP contribution in [-0.2, 0) is 19.1 Å². The molecule has 1 unspecified atom stereocenters. The van der Waals surface area contributed by atoms with Crippen molar-refractivity contribution in [3.8, 4) is 0 Å². The third kappa shape index (κ3) is 22.6. The summed E-state index contributed by atoms with van der Waals surface area (Å²) < 4.78 is 4.67. The highest BCUT2D eigenvalue weighted by Gasteiger charge is 2.24. The van der Waals surface area contributed by atoms with Crippen LogP contribution in [0.15, 0.2) is 0 Å². The highest BCUT2D eigenvalue weighted by molar-refractivity contribution is 5.81. The molecule has 9 heteroatoms. The lowest BCUT2D eigenvalue weighted by Gasteiger charge is -2.30. The first-order chi connectivity index (χ1) is 13.0. The number of carbonyl (C=O) groups excluding carboxylic acids is 3. The van der Waals surface area contributed by atoms with Crippen LogP contribution in [0.1, 0.15) is 41.0 Å². The van der Waals surface area contributed by atoms with Gasteiger partial charge >= 0.3 is 5.97 Å². The maximum absolute atomic E-state index is 11.2. The van der Waals surface area contributed by atoms with E-state index in [1.807, 2.05) is 45.0 Å². The second kappa shape index (κ2) is 22.0. The van der Waals surface area contributed by atoms with Gasteiger partial charge in [-0.15, -0.1) is 0 Å². The van der Waals surface area contributed by atoms with Crippen LogP contribution >= 0.6 is 0 Å². The summed E-state index contributed by atoms with van der Waals surface area (Å²) in [7, 11) is 12.9. The number of carbonyl (C=O) groups is 3. The van der Waals surface area contributed by atoms with Crippen LogP contribution in [0.25, 0.3) is 0 Å². The quantitative estimate of drug-likeness (QED) is 0.599. The Kier molecular flexibility index (Phi) is 26.2. The minimum Gasteiger partial charge on any atom is -0.465 e. The molecule has 0 bridgehead atoms. The molecule has 0 aromatic carbocycles. The molecule has 182 valence electrons. The topological polar surface area (TPSA) is 94.2 Å². The van der Waals surface area contributed by atoms with Gasteiger partial charge in [-0.25, -0.2) is 0 Å². The fourth-order valence-electron chi connectivity index (χ4n) is 2.31. The maximum Gasteiger partial charge on any atom is 0.302 e. The van der Waals surface area contributed by atoms with E-state index >= 15 is 0 Å². The predicted molar refractivity (Wildman–Crippen MR) is 126 cm³/mol. The van der Waals surface area contributed by atoms with Gasteiger partial charge in [-0.05, 0) is 54.6 Å². The number of nitrogens with zero attached hydrogens (tertiary/aromatic N) is 3. The molecule has 2 N–H and O–H groups in total. The number of nitrogens with one attached hydrogen (secondary N) is 2. The molecule has 0 aromatic rings. The highest BCUT2D eigenvalue weighted by atomic mass is 16.5. The molecule has 0 aromatic heterocycles. The number of amides is 2. The Hall–Kier alpha value is -1.71. The third-order valence-corrected chi connectivity index (χ3v) is 3.90. The lowest BCUT2D eigenvalue weighted by molar-refractivity contribution is -0.141. The van der Waals surface area contributed by atoms with Crippen molar-refractivity contribution in [3.05, 3.63) is 0 Å². The predicted octanol–water partition coefficient (Wildman–Crippen LogP) is 0.894. The maximum atomic E-state index is 11.2. The van der Waals surface area contributed by atoms with E-state index in [-0.39, 0.29) is 38.7 Å². The van der Waals surface area contributed by atoms with Crippen LogP contribution < -0.4 is 10.6 Å². The first-order valence-corrected chi connectivity index (χ1v) is 9.60. The van der Waals surface area contributed by atoms with Crippen molar-refractivity contribution in [1.29, 1.82) is 0 Å². The summed E-state index contributed by atoms with van der Waals surface area (Å²) in [4.78, 5) is 37.8. The number of hydrogen-bond donors (Lipinski definition) is 2. The van der Waals surface area contributed by atoms with Gasteiger partial charge in [0.05, 0.1) is 12.6 Å². The number of piperidine rings is 1. The molecule has 1 aliphatic heterocycles. The van der Waals surface area contributed by atoms with Crippen LogP contribution in [-0.4, -0.2) is 114 Å². The minimum absolute atomic E-state index is 0. The molecule has 1 aliphatic rings. The lowest BCUT2D eigenvalue weighted by Crippen LogP contribution is -2.46. The van der Waals surface area contributed by atoms with E-state index < -0.39 is 0 Å². The number of rotatable bonds is 6. The zero-order chi connectivity index (χ0) is 22.1. The van der Waals surface area contributed by atoms with Crippen LogP contribution in [0.5, 0.6) is 0 Å². The van der Waals surface area contributed by atoms with Gasteiger partial charge in [0, 0.05) is 27.6 Å². The average Bonchev–Trinajstić information content (AvgIpc) is 2.61. The Balaban J connectivity index is -0.000000166. The van der Waals surface area contributed by atoms with E-state index in [0.717, 1.165) is 19.5 Å². The second-order valence-corrected chi connectivity index (χ2v) is 7.16. The summed E-state index contributed by atoms with van der Waals surface area (Å²) in [5.41, 5.74) is 0. The second-order valence-electron chi connectivity index (χ2n) is 7.16. The van der Waals surface area contributed by atoms with Gasteiger partial charge in [0.2, 0.25) is 11.8 Å². The van der Waals surface area contributed by atoms with Gasteiger partial charge in [-0.3, -0.25) is 19.3 Å². The third-order valence-electron chi connectivity index (χ3n) is 3.90. The zero-order valence-corrected chi connectivity index (χ0v) is 19.0. The van der Waals surface area contributed by atoms with Gasteiger partial charge in [0.1, 0.15) is 6.61 Å². The van der Waals surface area contributed by atoms with Crippen molar-refractivity contribution in [3.63, 3.8) is 0 Å². The molecule has 1 atom stereocenters. The SMILES string of the molecule is C.C.CC(=O)OCCN(C)C.CNC(=O)C1CCCCN1C.CNC(=O)CN(C)C. The minimum atomic E-state index is -0.211. The first-order valence-electron chi connectivity index (χ1n) is 9.60. The summed E-state index contributed by atoms with van der Waals surface area (Å²) in [6.07, 6.45) is 3.42. The molecule has 1 heterocycles. The van der Waals surface area contributed by atoms with Gasteiger partial charge < -0.3 is 25.2 Å². The Morgan fingerprint density at radius 3 is 1.90 bits per heavy atom. The summed E-state index contributed by atoms with van der Waals surface area (Å²) in [6.45, 7) is 4.21. The van der Waals surface area contributed by atoms with Crippen molar-refractivity contribution in [2.24, 2.45) is 0 Å². The van der Waals surface area contributed by atoms with Crippen LogP contribution in [0.2, 0.25) is 0 Å². The molecular formula is C21H49N5O4. The first kappa shape index (κ1) is 35.7. The molecule has 0 saturated carbocycles. The Morgan fingerprint density at radius 2 is 1.57 bits per heavy atom. The molecule has 0 spiro atoms. The fraction of sp³-hybridized carbons (Fsp3) is 0.857.